The number of rotatable bonds is 8. The molecule has 0 spiro atoms. The molecular formula is C23H25ClN4O3. The van der Waals surface area contributed by atoms with Crippen LogP contribution in [-0.4, -0.2) is 15.5 Å². The molecule has 31 heavy (non-hydrogen) atoms. The Morgan fingerprint density at radius 3 is 2.45 bits per heavy atom. The second-order valence-corrected chi connectivity index (χ2v) is 7.64. The lowest BCUT2D eigenvalue weighted by molar-refractivity contribution is -0.118. The topological polar surface area (TPSA) is 101 Å². The van der Waals surface area contributed by atoms with Crippen molar-refractivity contribution in [3.8, 4) is 0 Å². The van der Waals surface area contributed by atoms with Gasteiger partial charge >= 0.3 is 5.69 Å². The number of hydrogen-bond acceptors (Lipinski definition) is 4. The van der Waals surface area contributed by atoms with E-state index < -0.39 is 11.2 Å². The van der Waals surface area contributed by atoms with Gasteiger partial charge in [-0.15, -0.1) is 0 Å². The van der Waals surface area contributed by atoms with Crippen LogP contribution in [0.2, 0.25) is 5.02 Å². The molecular weight excluding hydrogens is 416 g/mol. The van der Waals surface area contributed by atoms with E-state index in [2.05, 4.69) is 4.98 Å². The molecule has 0 aliphatic heterocycles. The third-order valence-corrected chi connectivity index (χ3v) is 5.37. The van der Waals surface area contributed by atoms with Gasteiger partial charge < -0.3 is 5.73 Å². The molecule has 0 atom stereocenters. The second-order valence-electron chi connectivity index (χ2n) is 7.23. The van der Waals surface area contributed by atoms with Crippen molar-refractivity contribution in [1.29, 1.82) is 0 Å². The van der Waals surface area contributed by atoms with E-state index in [4.69, 9.17) is 17.3 Å². The van der Waals surface area contributed by atoms with Crippen molar-refractivity contribution in [2.75, 3.05) is 10.6 Å². The number of halogens is 1. The van der Waals surface area contributed by atoms with Crippen LogP contribution < -0.4 is 21.9 Å². The minimum atomic E-state index is -0.696. The predicted molar refractivity (Wildman–Crippen MR) is 123 cm³/mol. The molecule has 3 aromatic rings. The van der Waals surface area contributed by atoms with Crippen molar-refractivity contribution in [3.63, 3.8) is 0 Å². The lowest BCUT2D eigenvalue weighted by Crippen LogP contribution is -2.41. The summed E-state index contributed by atoms with van der Waals surface area (Å²) in [5, 5.41) is 0.463. The average Bonchev–Trinajstić information content (AvgIpc) is 2.75. The van der Waals surface area contributed by atoms with Crippen LogP contribution in [0, 0.1) is 0 Å². The van der Waals surface area contributed by atoms with Crippen LogP contribution in [0.15, 0.2) is 64.2 Å². The molecule has 8 heteroatoms. The van der Waals surface area contributed by atoms with Crippen molar-refractivity contribution in [2.45, 2.75) is 39.3 Å². The summed E-state index contributed by atoms with van der Waals surface area (Å²) >= 11 is 6.24. The number of H-pyrrole nitrogens is 1. The highest BCUT2D eigenvalue weighted by atomic mass is 35.5. The molecule has 0 unspecified atom stereocenters. The monoisotopic (exact) mass is 440 g/mol. The Morgan fingerprint density at radius 2 is 1.77 bits per heavy atom. The van der Waals surface area contributed by atoms with E-state index in [9.17, 15) is 14.4 Å². The zero-order valence-electron chi connectivity index (χ0n) is 17.3. The molecule has 2 aromatic carbocycles. The molecule has 0 aliphatic rings. The number of nitrogens with one attached hydrogen (secondary N) is 1. The fraction of sp³-hybridized carbons (Fsp3) is 0.261. The number of unbranched alkanes of at least 4 members (excludes halogenated alkanes) is 1. The van der Waals surface area contributed by atoms with Gasteiger partial charge in [-0.3, -0.25) is 24.0 Å². The molecule has 0 radical (unpaired) electrons. The molecule has 1 heterocycles. The number of amides is 1. The van der Waals surface area contributed by atoms with E-state index in [0.717, 1.165) is 12.0 Å². The number of hydrogen-bond donors (Lipinski definition) is 2. The maximum atomic E-state index is 13.4. The molecule has 0 fully saturated rings. The summed E-state index contributed by atoms with van der Waals surface area (Å²) in [5.41, 5.74) is 6.41. The lowest BCUT2D eigenvalue weighted by Gasteiger charge is -2.25. The third-order valence-electron chi connectivity index (χ3n) is 5.00. The van der Waals surface area contributed by atoms with Gasteiger partial charge in [-0.2, -0.15) is 0 Å². The minimum absolute atomic E-state index is 0.0144. The summed E-state index contributed by atoms with van der Waals surface area (Å²) in [5.74, 6) is -0.375. The van der Waals surface area contributed by atoms with Gasteiger partial charge in [-0.25, -0.2) is 4.79 Å². The Labute approximate surface area is 185 Å². The number of carbonyl (C=O) groups excluding carboxylic acids is 1. The summed E-state index contributed by atoms with van der Waals surface area (Å²) in [4.78, 5) is 42.1. The van der Waals surface area contributed by atoms with Gasteiger partial charge in [0.2, 0.25) is 5.91 Å². The highest BCUT2D eigenvalue weighted by Gasteiger charge is 2.25. The van der Waals surface area contributed by atoms with Crippen LogP contribution in [-0.2, 0) is 24.3 Å². The van der Waals surface area contributed by atoms with Crippen LogP contribution >= 0.6 is 11.6 Å². The van der Waals surface area contributed by atoms with Crippen LogP contribution in [0.5, 0.6) is 0 Å². The number of nitrogens with two attached hydrogens (primary N) is 1. The molecule has 1 amide bonds. The predicted octanol–water partition coefficient (Wildman–Crippen LogP) is 3.35. The van der Waals surface area contributed by atoms with E-state index in [-0.39, 0.29) is 30.4 Å². The molecule has 7 nitrogen and oxygen atoms in total. The summed E-state index contributed by atoms with van der Waals surface area (Å²) in [6.07, 6.45) is 1.54. The minimum Gasteiger partial charge on any atom is -0.383 e. The third kappa shape index (κ3) is 5.24. The van der Waals surface area contributed by atoms with Gasteiger partial charge in [0.15, 0.2) is 5.69 Å². The van der Waals surface area contributed by atoms with Crippen LogP contribution in [0.1, 0.15) is 30.9 Å². The molecule has 0 aliphatic carbocycles. The summed E-state index contributed by atoms with van der Waals surface area (Å²) in [7, 11) is 0. The van der Waals surface area contributed by atoms with Crippen LogP contribution in [0.25, 0.3) is 0 Å². The van der Waals surface area contributed by atoms with Gasteiger partial charge in [0.1, 0.15) is 5.82 Å². The molecule has 162 valence electrons. The number of benzene rings is 2. The molecule has 1 aromatic heterocycles. The fourth-order valence-corrected chi connectivity index (χ4v) is 3.54. The zero-order chi connectivity index (χ0) is 22.4. The second kappa shape index (κ2) is 10.1. The maximum absolute atomic E-state index is 13.4. The highest BCUT2D eigenvalue weighted by molar-refractivity contribution is 6.31. The van der Waals surface area contributed by atoms with Gasteiger partial charge in [-0.05, 0) is 23.6 Å². The van der Waals surface area contributed by atoms with Gasteiger partial charge in [0.25, 0.3) is 5.56 Å². The Morgan fingerprint density at radius 1 is 1.10 bits per heavy atom. The normalized spacial score (nSPS) is 10.8. The van der Waals surface area contributed by atoms with Gasteiger partial charge in [0.05, 0.1) is 13.0 Å². The number of anilines is 2. The van der Waals surface area contributed by atoms with Crippen molar-refractivity contribution >= 4 is 29.0 Å². The standard InChI is InChI=1S/C23H25ClN4O3/c1-2-3-13-27-21(25)20(22(30)26-23(27)31)28(15-16-9-5-4-6-10-16)19(29)14-17-11-7-8-12-18(17)24/h4-12H,2-3,13-15,25H2,1H3,(H,26,30,31). The molecule has 3 N–H and O–H groups in total. The summed E-state index contributed by atoms with van der Waals surface area (Å²) in [6.45, 7) is 2.47. The molecule has 0 bridgehead atoms. The smallest absolute Gasteiger partial charge is 0.330 e. The Kier molecular flexibility index (Phi) is 7.31. The number of aromatic amines is 1. The Bertz CT molecular complexity index is 1170. The number of carbonyl (C=O) groups is 1. The lowest BCUT2D eigenvalue weighted by atomic mass is 10.1. The highest BCUT2D eigenvalue weighted by Crippen LogP contribution is 2.23. The van der Waals surface area contributed by atoms with Crippen molar-refractivity contribution in [3.05, 3.63) is 91.6 Å². The van der Waals surface area contributed by atoms with E-state index >= 15 is 0 Å². The first-order valence-corrected chi connectivity index (χ1v) is 10.5. The van der Waals surface area contributed by atoms with Crippen LogP contribution in [0.3, 0.4) is 0 Å². The molecule has 0 saturated heterocycles. The summed E-state index contributed by atoms with van der Waals surface area (Å²) in [6, 6.07) is 16.3. The average molecular weight is 441 g/mol. The first kappa shape index (κ1) is 22.4. The quantitative estimate of drug-likeness (QED) is 0.560. The van der Waals surface area contributed by atoms with Crippen LogP contribution in [0.4, 0.5) is 11.5 Å². The molecule has 3 rings (SSSR count). The number of nitrogens with zero attached hydrogens (tertiary/aromatic N) is 2. The first-order chi connectivity index (χ1) is 14.9. The SMILES string of the molecule is CCCCn1c(N)c(N(Cc2ccccc2)C(=O)Cc2ccccc2Cl)c(=O)[nH]c1=O. The maximum Gasteiger partial charge on any atom is 0.330 e. The Balaban J connectivity index is 2.08. The van der Waals surface area contributed by atoms with E-state index in [0.29, 0.717) is 23.6 Å². The molecule has 0 saturated carbocycles. The van der Waals surface area contributed by atoms with E-state index in [1.54, 1.807) is 24.3 Å². The zero-order valence-corrected chi connectivity index (χ0v) is 18.1. The number of aromatic nitrogens is 2. The van der Waals surface area contributed by atoms with Gasteiger partial charge in [-0.1, -0.05) is 73.5 Å². The van der Waals surface area contributed by atoms with E-state index in [1.807, 2.05) is 37.3 Å². The first-order valence-electron chi connectivity index (χ1n) is 10.1. The van der Waals surface area contributed by atoms with E-state index in [1.165, 1.54) is 9.47 Å². The number of nitrogen functional groups attached to an aromatic ring is 1. The van der Waals surface area contributed by atoms with Crippen molar-refractivity contribution in [1.82, 2.24) is 9.55 Å². The fourth-order valence-electron chi connectivity index (χ4n) is 3.33. The van der Waals surface area contributed by atoms with Gasteiger partial charge in [0, 0.05) is 11.6 Å². The largest absolute Gasteiger partial charge is 0.383 e. The van der Waals surface area contributed by atoms with Crippen molar-refractivity contribution < 1.29 is 4.79 Å². The summed E-state index contributed by atoms with van der Waals surface area (Å²) < 4.78 is 1.31. The Hall–Kier alpha value is -3.32. The van der Waals surface area contributed by atoms with Crippen molar-refractivity contribution in [2.24, 2.45) is 0 Å².